The molecule has 5 nitrogen and oxygen atoms in total. The van der Waals surface area contributed by atoms with Gasteiger partial charge in [0.25, 0.3) is 5.56 Å². The van der Waals surface area contributed by atoms with Crippen LogP contribution in [0.1, 0.15) is 38.3 Å². The van der Waals surface area contributed by atoms with Crippen LogP contribution in [-0.2, 0) is 11.3 Å². The van der Waals surface area contributed by atoms with Crippen LogP contribution in [-0.4, -0.2) is 33.7 Å². The highest BCUT2D eigenvalue weighted by molar-refractivity contribution is 7.26. The van der Waals surface area contributed by atoms with Gasteiger partial charge in [-0.2, -0.15) is 5.10 Å². The Hall–Kier alpha value is -2.21. The maximum absolute atomic E-state index is 13.0. The second-order valence-electron chi connectivity index (χ2n) is 7.58. The molecule has 0 saturated carbocycles. The number of amides is 1. The van der Waals surface area contributed by atoms with Gasteiger partial charge in [-0.15, -0.1) is 11.3 Å². The van der Waals surface area contributed by atoms with E-state index < -0.39 is 0 Å². The summed E-state index contributed by atoms with van der Waals surface area (Å²) in [6.07, 6.45) is 3.30. The predicted molar refractivity (Wildman–Crippen MR) is 110 cm³/mol. The van der Waals surface area contributed by atoms with Crippen LogP contribution in [0.4, 0.5) is 0 Å². The minimum absolute atomic E-state index is 0.0488. The van der Waals surface area contributed by atoms with Gasteiger partial charge in [0.1, 0.15) is 0 Å². The fraction of sp³-hybridized carbons (Fsp3) is 0.476. The van der Waals surface area contributed by atoms with Crippen LogP contribution in [0.25, 0.3) is 20.2 Å². The topological polar surface area (TPSA) is 55.2 Å². The van der Waals surface area contributed by atoms with Crippen molar-refractivity contribution in [3.05, 3.63) is 40.3 Å². The highest BCUT2D eigenvalue weighted by atomic mass is 32.1. The molecule has 1 saturated heterocycles. The molecule has 4 rings (SSSR count). The van der Waals surface area contributed by atoms with Crippen molar-refractivity contribution in [3.8, 4) is 0 Å². The lowest BCUT2D eigenvalue weighted by Crippen LogP contribution is -2.38. The Morgan fingerprint density at radius 3 is 2.78 bits per heavy atom. The van der Waals surface area contributed by atoms with Crippen LogP contribution in [0, 0.1) is 12.8 Å². The van der Waals surface area contributed by atoms with E-state index in [1.54, 1.807) is 16.0 Å². The number of likely N-dealkylation sites (tertiary alicyclic amines) is 1. The van der Waals surface area contributed by atoms with Crippen molar-refractivity contribution >= 4 is 37.4 Å². The highest BCUT2D eigenvalue weighted by Crippen LogP contribution is 2.32. The van der Waals surface area contributed by atoms with Gasteiger partial charge in [-0.1, -0.05) is 25.1 Å². The number of fused-ring (bicyclic) bond motifs is 3. The zero-order valence-corrected chi connectivity index (χ0v) is 16.7. The summed E-state index contributed by atoms with van der Waals surface area (Å²) >= 11 is 1.62. The summed E-state index contributed by atoms with van der Waals surface area (Å²) < 4.78 is 3.63. The van der Waals surface area contributed by atoms with Crippen LogP contribution < -0.4 is 5.56 Å². The summed E-state index contributed by atoms with van der Waals surface area (Å²) in [7, 11) is 0. The highest BCUT2D eigenvalue weighted by Gasteiger charge is 2.20. The Morgan fingerprint density at radius 1 is 1.26 bits per heavy atom. The van der Waals surface area contributed by atoms with E-state index in [9.17, 15) is 9.59 Å². The number of carbonyl (C=O) groups is 1. The van der Waals surface area contributed by atoms with Gasteiger partial charge in [0, 0.05) is 36.1 Å². The Bertz CT molecular complexity index is 1040. The van der Waals surface area contributed by atoms with E-state index in [0.29, 0.717) is 25.3 Å². The fourth-order valence-electron chi connectivity index (χ4n) is 3.86. The summed E-state index contributed by atoms with van der Waals surface area (Å²) in [5, 5.41) is 6.27. The number of benzene rings is 1. The fourth-order valence-corrected chi connectivity index (χ4v) is 5.00. The third kappa shape index (κ3) is 3.50. The van der Waals surface area contributed by atoms with E-state index in [4.69, 9.17) is 0 Å². The van der Waals surface area contributed by atoms with Crippen molar-refractivity contribution in [2.75, 3.05) is 13.1 Å². The molecule has 0 bridgehead atoms. The van der Waals surface area contributed by atoms with Gasteiger partial charge in [0.2, 0.25) is 5.91 Å². The molecule has 0 spiro atoms. The van der Waals surface area contributed by atoms with Gasteiger partial charge >= 0.3 is 0 Å². The molecule has 1 amide bonds. The quantitative estimate of drug-likeness (QED) is 0.685. The van der Waals surface area contributed by atoms with Crippen molar-refractivity contribution in [1.82, 2.24) is 14.7 Å². The smallest absolute Gasteiger partial charge is 0.276 e. The monoisotopic (exact) mass is 383 g/mol. The van der Waals surface area contributed by atoms with Crippen LogP contribution >= 0.6 is 11.3 Å². The average molecular weight is 384 g/mol. The van der Waals surface area contributed by atoms with E-state index in [0.717, 1.165) is 51.8 Å². The zero-order valence-electron chi connectivity index (χ0n) is 15.9. The zero-order chi connectivity index (χ0) is 19.0. The molecule has 3 aromatic rings. The number of piperidine rings is 1. The first-order chi connectivity index (χ1) is 13.0. The molecular weight excluding hydrogens is 358 g/mol. The molecule has 142 valence electrons. The molecule has 1 aliphatic rings. The maximum Gasteiger partial charge on any atom is 0.276 e. The normalized spacial score (nSPS) is 15.7. The van der Waals surface area contributed by atoms with E-state index in [1.165, 1.54) is 0 Å². The number of rotatable bonds is 4. The van der Waals surface area contributed by atoms with Gasteiger partial charge in [0.05, 0.1) is 15.8 Å². The standard InChI is InChI=1S/C21H25N3O2S/c1-14-9-12-23(13-10-14)18(25)8-5-11-24-21(26)19-16-6-3-4-7-17(16)27-20(19)15(2)22-24/h3-4,6-7,14H,5,8-13H2,1-2H3. The molecule has 0 atom stereocenters. The van der Waals surface area contributed by atoms with E-state index in [1.807, 2.05) is 36.1 Å². The molecule has 0 N–H and O–H groups in total. The van der Waals surface area contributed by atoms with Gasteiger partial charge < -0.3 is 4.90 Å². The molecule has 27 heavy (non-hydrogen) atoms. The van der Waals surface area contributed by atoms with Gasteiger partial charge in [-0.05, 0) is 38.2 Å². The number of hydrogen-bond acceptors (Lipinski definition) is 4. The second-order valence-corrected chi connectivity index (χ2v) is 8.64. The SMILES string of the molecule is Cc1nn(CCCC(=O)N2CCC(C)CC2)c(=O)c2c1sc1ccccc12. The van der Waals surface area contributed by atoms with Crippen molar-refractivity contribution in [1.29, 1.82) is 0 Å². The van der Waals surface area contributed by atoms with Gasteiger partial charge in [0.15, 0.2) is 0 Å². The minimum atomic E-state index is -0.0488. The summed E-state index contributed by atoms with van der Waals surface area (Å²) in [4.78, 5) is 27.4. The molecule has 2 aromatic heterocycles. The summed E-state index contributed by atoms with van der Waals surface area (Å²) in [6.45, 7) is 6.41. The molecule has 3 heterocycles. The molecule has 0 aliphatic carbocycles. The molecular formula is C21H25N3O2S. The third-order valence-electron chi connectivity index (χ3n) is 5.54. The summed E-state index contributed by atoms with van der Waals surface area (Å²) in [5.41, 5.74) is 0.828. The third-order valence-corrected chi connectivity index (χ3v) is 6.82. The number of thiophene rings is 1. The van der Waals surface area contributed by atoms with Gasteiger partial charge in [-0.3, -0.25) is 9.59 Å². The number of carbonyl (C=O) groups excluding carboxylic acids is 1. The Balaban J connectivity index is 1.51. The van der Waals surface area contributed by atoms with Crippen molar-refractivity contribution in [2.24, 2.45) is 5.92 Å². The lowest BCUT2D eigenvalue weighted by atomic mass is 9.99. The number of nitrogens with zero attached hydrogens (tertiary/aromatic N) is 3. The largest absolute Gasteiger partial charge is 0.343 e. The lowest BCUT2D eigenvalue weighted by Gasteiger charge is -2.30. The van der Waals surface area contributed by atoms with E-state index in [-0.39, 0.29) is 11.5 Å². The number of aromatic nitrogens is 2. The van der Waals surface area contributed by atoms with E-state index >= 15 is 0 Å². The predicted octanol–water partition coefficient (Wildman–Crippen LogP) is 3.96. The Kier molecular flexibility index (Phi) is 5.00. The molecule has 1 fully saturated rings. The maximum atomic E-state index is 13.0. The first kappa shape index (κ1) is 18.2. The van der Waals surface area contributed by atoms with E-state index in [2.05, 4.69) is 12.0 Å². The molecule has 6 heteroatoms. The Morgan fingerprint density at radius 2 is 2.00 bits per heavy atom. The minimum Gasteiger partial charge on any atom is -0.343 e. The lowest BCUT2D eigenvalue weighted by molar-refractivity contribution is -0.132. The first-order valence-corrected chi connectivity index (χ1v) is 10.5. The Labute approximate surface area is 162 Å². The van der Waals surface area contributed by atoms with Crippen LogP contribution in [0.2, 0.25) is 0 Å². The van der Waals surface area contributed by atoms with Crippen LogP contribution in [0.3, 0.4) is 0 Å². The van der Waals surface area contributed by atoms with Crippen molar-refractivity contribution in [3.63, 3.8) is 0 Å². The summed E-state index contributed by atoms with van der Waals surface area (Å²) in [5.74, 6) is 0.917. The molecule has 0 unspecified atom stereocenters. The van der Waals surface area contributed by atoms with Crippen molar-refractivity contribution in [2.45, 2.75) is 46.1 Å². The van der Waals surface area contributed by atoms with Gasteiger partial charge in [-0.25, -0.2) is 4.68 Å². The van der Waals surface area contributed by atoms with Crippen LogP contribution in [0.5, 0.6) is 0 Å². The molecule has 0 radical (unpaired) electrons. The molecule has 1 aromatic carbocycles. The number of hydrogen-bond donors (Lipinski definition) is 0. The van der Waals surface area contributed by atoms with Crippen molar-refractivity contribution < 1.29 is 4.79 Å². The first-order valence-electron chi connectivity index (χ1n) is 9.71. The average Bonchev–Trinajstić information content (AvgIpc) is 3.06. The van der Waals surface area contributed by atoms with Crippen LogP contribution in [0.15, 0.2) is 29.1 Å². The number of aryl methyl sites for hydroxylation is 2. The second kappa shape index (κ2) is 7.43. The molecule has 1 aliphatic heterocycles. The summed E-state index contributed by atoms with van der Waals surface area (Å²) in [6, 6.07) is 8.00.